The predicted molar refractivity (Wildman–Crippen MR) is 87.1 cm³/mol. The second-order valence-corrected chi connectivity index (χ2v) is 6.33. The van der Waals surface area contributed by atoms with Gasteiger partial charge in [-0.2, -0.15) is 5.10 Å². The summed E-state index contributed by atoms with van der Waals surface area (Å²) >= 11 is 12.4. The van der Waals surface area contributed by atoms with E-state index >= 15 is 0 Å². The zero-order valence-corrected chi connectivity index (χ0v) is 13.9. The molecule has 2 heterocycles. The molecule has 1 fully saturated rings. The Morgan fingerprint density at radius 1 is 1.45 bits per heavy atom. The minimum Gasteiger partial charge on any atom is -0.356 e. The van der Waals surface area contributed by atoms with Crippen LogP contribution in [0.25, 0.3) is 0 Å². The topological polar surface area (TPSA) is 46.1 Å². The molecule has 2 atom stereocenters. The number of benzene rings is 1. The van der Waals surface area contributed by atoms with Gasteiger partial charge in [-0.15, -0.1) is 0 Å². The van der Waals surface area contributed by atoms with Crippen molar-refractivity contribution in [1.82, 2.24) is 10.3 Å². The Hall–Kier alpha value is -1.01. The first-order valence-electron chi connectivity index (χ1n) is 7.41. The molecule has 5 nitrogen and oxygen atoms in total. The lowest BCUT2D eigenvalue weighted by atomic mass is 10.1. The smallest absolute Gasteiger partial charge is 0.216 e. The zero-order valence-electron chi connectivity index (χ0n) is 12.4. The normalized spacial score (nSPS) is 27.4. The Balaban J connectivity index is 1.90. The minimum atomic E-state index is -0.912. The van der Waals surface area contributed by atoms with E-state index in [1.165, 1.54) is 0 Å². The highest BCUT2D eigenvalue weighted by molar-refractivity contribution is 6.35. The van der Waals surface area contributed by atoms with Gasteiger partial charge < -0.3 is 14.8 Å². The highest BCUT2D eigenvalue weighted by Crippen LogP contribution is 2.40. The summed E-state index contributed by atoms with van der Waals surface area (Å²) in [6.07, 6.45) is 3.72. The van der Waals surface area contributed by atoms with E-state index in [-0.39, 0.29) is 6.10 Å². The molecule has 0 aliphatic carbocycles. The first-order chi connectivity index (χ1) is 10.6. The van der Waals surface area contributed by atoms with Crippen molar-refractivity contribution in [2.24, 2.45) is 5.10 Å². The van der Waals surface area contributed by atoms with Crippen molar-refractivity contribution in [3.63, 3.8) is 0 Å². The van der Waals surface area contributed by atoms with Crippen molar-refractivity contribution < 1.29 is 9.47 Å². The minimum absolute atomic E-state index is 0.0660. The lowest BCUT2D eigenvalue weighted by Gasteiger charge is -2.32. The maximum atomic E-state index is 6.39. The fraction of sp³-hybridized carbons (Fsp3) is 0.533. The van der Waals surface area contributed by atoms with E-state index in [2.05, 4.69) is 17.3 Å². The molecule has 2 aliphatic heterocycles. The number of hydrogen-bond acceptors (Lipinski definition) is 5. The van der Waals surface area contributed by atoms with Gasteiger partial charge >= 0.3 is 0 Å². The van der Waals surface area contributed by atoms with Gasteiger partial charge in [0.05, 0.1) is 24.3 Å². The molecule has 22 heavy (non-hydrogen) atoms. The molecule has 1 aromatic carbocycles. The van der Waals surface area contributed by atoms with E-state index in [1.807, 2.05) is 11.1 Å². The number of rotatable bonds is 5. The van der Waals surface area contributed by atoms with Crippen LogP contribution < -0.4 is 5.32 Å². The first kappa shape index (κ1) is 15.9. The van der Waals surface area contributed by atoms with Crippen molar-refractivity contribution in [3.05, 3.63) is 33.8 Å². The second-order valence-electron chi connectivity index (χ2n) is 5.49. The van der Waals surface area contributed by atoms with Crippen molar-refractivity contribution in [2.45, 2.75) is 31.7 Å². The fourth-order valence-electron chi connectivity index (χ4n) is 2.78. The molecule has 3 rings (SSSR count). The molecule has 2 aliphatic rings. The highest BCUT2D eigenvalue weighted by atomic mass is 35.5. The van der Waals surface area contributed by atoms with Gasteiger partial charge in [0.15, 0.2) is 0 Å². The maximum Gasteiger partial charge on any atom is 0.216 e. The molecular formula is C15H19Cl2N3O2. The molecule has 1 N–H and O–H groups in total. The van der Waals surface area contributed by atoms with Crippen LogP contribution in [0, 0.1) is 0 Å². The number of ether oxygens (including phenoxy) is 2. The average Bonchev–Trinajstić information content (AvgIpc) is 3.10. The Bertz CT molecular complexity index is 570. The molecule has 0 spiro atoms. The standard InChI is InChI=1S/C15H19Cl2N3O2/c1-2-3-12-7-21-15(22-12,8-20-10-18-9-19-20)13-5-4-11(16)6-14(13)17/h4-6,9,12H,2-3,7-8,10H2,1H3,(H,18,19). The SMILES string of the molecule is CCCC1COC(CN2CNC=N2)(c2ccc(Cl)cc2Cl)O1. The lowest BCUT2D eigenvalue weighted by molar-refractivity contribution is -0.189. The van der Waals surface area contributed by atoms with Crippen LogP contribution in [0.3, 0.4) is 0 Å². The third-order valence-electron chi connectivity index (χ3n) is 3.79. The van der Waals surface area contributed by atoms with Gasteiger partial charge in [-0.25, -0.2) is 0 Å². The van der Waals surface area contributed by atoms with Gasteiger partial charge in [0.25, 0.3) is 0 Å². The molecule has 120 valence electrons. The van der Waals surface area contributed by atoms with Gasteiger partial charge in [-0.1, -0.05) is 42.6 Å². The molecule has 0 radical (unpaired) electrons. The van der Waals surface area contributed by atoms with Gasteiger partial charge in [-0.05, 0) is 18.6 Å². The summed E-state index contributed by atoms with van der Waals surface area (Å²) in [7, 11) is 0. The van der Waals surface area contributed by atoms with Gasteiger partial charge in [0.2, 0.25) is 5.79 Å². The Labute approximate surface area is 140 Å². The van der Waals surface area contributed by atoms with E-state index in [1.54, 1.807) is 18.5 Å². The number of hydrogen-bond donors (Lipinski definition) is 1. The van der Waals surface area contributed by atoms with E-state index < -0.39 is 5.79 Å². The van der Waals surface area contributed by atoms with Crippen LogP contribution in [-0.4, -0.2) is 37.3 Å². The monoisotopic (exact) mass is 343 g/mol. The van der Waals surface area contributed by atoms with Crippen molar-refractivity contribution in [1.29, 1.82) is 0 Å². The molecule has 0 amide bonds. The first-order valence-corrected chi connectivity index (χ1v) is 8.16. The van der Waals surface area contributed by atoms with E-state index in [0.29, 0.717) is 29.9 Å². The predicted octanol–water partition coefficient (Wildman–Crippen LogP) is 3.17. The molecule has 7 heteroatoms. The number of hydrazone groups is 1. The van der Waals surface area contributed by atoms with E-state index in [4.69, 9.17) is 32.7 Å². The van der Waals surface area contributed by atoms with Crippen LogP contribution in [0.15, 0.2) is 23.3 Å². The lowest BCUT2D eigenvalue weighted by Crippen LogP contribution is -2.41. The van der Waals surface area contributed by atoms with Gasteiger partial charge in [0.1, 0.15) is 13.0 Å². The van der Waals surface area contributed by atoms with E-state index in [9.17, 15) is 0 Å². The van der Waals surface area contributed by atoms with Crippen LogP contribution in [0.5, 0.6) is 0 Å². The van der Waals surface area contributed by atoms with Crippen LogP contribution in [0.1, 0.15) is 25.3 Å². The molecule has 0 bridgehead atoms. The van der Waals surface area contributed by atoms with Crippen LogP contribution in [0.2, 0.25) is 10.0 Å². The maximum absolute atomic E-state index is 6.39. The summed E-state index contributed by atoms with van der Waals surface area (Å²) in [6.45, 7) is 3.78. The highest BCUT2D eigenvalue weighted by Gasteiger charge is 2.46. The van der Waals surface area contributed by atoms with Gasteiger partial charge in [-0.3, -0.25) is 5.01 Å². The van der Waals surface area contributed by atoms with Crippen LogP contribution >= 0.6 is 23.2 Å². The van der Waals surface area contributed by atoms with Crippen molar-refractivity contribution >= 4 is 29.5 Å². The largest absolute Gasteiger partial charge is 0.356 e. The van der Waals surface area contributed by atoms with Gasteiger partial charge in [0, 0.05) is 10.6 Å². The van der Waals surface area contributed by atoms with Crippen LogP contribution in [-0.2, 0) is 15.3 Å². The molecular weight excluding hydrogens is 325 g/mol. The van der Waals surface area contributed by atoms with Crippen molar-refractivity contribution in [2.75, 3.05) is 19.8 Å². The summed E-state index contributed by atoms with van der Waals surface area (Å²) in [6, 6.07) is 5.38. The summed E-state index contributed by atoms with van der Waals surface area (Å²) in [5, 5.41) is 10.3. The second kappa shape index (κ2) is 6.62. The fourth-order valence-corrected chi connectivity index (χ4v) is 3.34. The Morgan fingerprint density at radius 2 is 2.32 bits per heavy atom. The van der Waals surface area contributed by atoms with Crippen molar-refractivity contribution in [3.8, 4) is 0 Å². The summed E-state index contributed by atoms with van der Waals surface area (Å²) in [4.78, 5) is 0. The third-order valence-corrected chi connectivity index (χ3v) is 4.34. The molecule has 0 aromatic heterocycles. The average molecular weight is 344 g/mol. The molecule has 1 saturated heterocycles. The number of nitrogens with one attached hydrogen (secondary N) is 1. The summed E-state index contributed by atoms with van der Waals surface area (Å²) < 4.78 is 12.3. The number of nitrogens with zero attached hydrogens (tertiary/aromatic N) is 2. The quantitative estimate of drug-likeness (QED) is 0.891. The Kier molecular flexibility index (Phi) is 4.78. The summed E-state index contributed by atoms with van der Waals surface area (Å²) in [5.74, 6) is -0.912. The molecule has 0 saturated carbocycles. The molecule has 1 aromatic rings. The number of halogens is 2. The van der Waals surface area contributed by atoms with Crippen LogP contribution in [0.4, 0.5) is 0 Å². The summed E-state index contributed by atoms with van der Waals surface area (Å²) in [5.41, 5.74) is 0.791. The third kappa shape index (κ3) is 3.18. The van der Waals surface area contributed by atoms with E-state index in [0.717, 1.165) is 18.4 Å². The Morgan fingerprint density at radius 3 is 3.00 bits per heavy atom. The molecule has 2 unspecified atom stereocenters. The zero-order chi connectivity index (χ0) is 15.6.